The van der Waals surface area contributed by atoms with Gasteiger partial charge in [-0.3, -0.25) is 14.5 Å². The van der Waals surface area contributed by atoms with E-state index >= 15 is 0 Å². The van der Waals surface area contributed by atoms with E-state index in [0.717, 1.165) is 10.5 Å². The molecule has 31 heavy (non-hydrogen) atoms. The number of nitrogens with zero attached hydrogens (tertiary/aromatic N) is 4. The fraction of sp³-hybridized carbons (Fsp3) is 0.190. The summed E-state index contributed by atoms with van der Waals surface area (Å²) in [6.07, 6.45) is 2.84. The molecule has 3 aromatic rings. The van der Waals surface area contributed by atoms with Gasteiger partial charge in [-0.25, -0.2) is 14.5 Å². The molecule has 1 aliphatic rings. The van der Waals surface area contributed by atoms with Gasteiger partial charge >= 0.3 is 6.03 Å². The van der Waals surface area contributed by atoms with Gasteiger partial charge in [0.15, 0.2) is 0 Å². The number of nitrogens with one attached hydrogen (secondary N) is 2. The van der Waals surface area contributed by atoms with Gasteiger partial charge < -0.3 is 10.6 Å². The largest absolute Gasteiger partial charge is 0.325 e. The minimum Gasteiger partial charge on any atom is -0.323 e. The van der Waals surface area contributed by atoms with E-state index in [1.807, 2.05) is 19.1 Å². The molecular formula is C21H19ClN6O3. The molecule has 1 fully saturated rings. The lowest BCUT2D eigenvalue weighted by Crippen LogP contribution is -2.42. The number of urea groups is 1. The van der Waals surface area contributed by atoms with E-state index in [2.05, 4.69) is 20.7 Å². The first-order valence-electron chi connectivity index (χ1n) is 9.43. The lowest BCUT2D eigenvalue weighted by Gasteiger charge is -2.22. The molecule has 0 saturated carbocycles. The molecule has 1 aromatic heterocycles. The van der Waals surface area contributed by atoms with Gasteiger partial charge in [-0.05, 0) is 37.6 Å². The third-order valence-electron chi connectivity index (χ3n) is 5.10. The van der Waals surface area contributed by atoms with Crippen molar-refractivity contribution < 1.29 is 14.4 Å². The number of amides is 4. The fourth-order valence-electron chi connectivity index (χ4n) is 3.40. The number of imide groups is 1. The Hall–Kier alpha value is -3.72. The zero-order valence-corrected chi connectivity index (χ0v) is 17.6. The maximum atomic E-state index is 13.0. The van der Waals surface area contributed by atoms with E-state index < -0.39 is 29.9 Å². The number of carbonyl (C=O) groups excluding carboxylic acids is 3. The number of halogens is 1. The monoisotopic (exact) mass is 438 g/mol. The number of rotatable bonds is 5. The molecule has 2 aromatic carbocycles. The highest BCUT2D eigenvalue weighted by Crippen LogP contribution is 2.29. The van der Waals surface area contributed by atoms with Gasteiger partial charge in [-0.1, -0.05) is 41.4 Å². The summed E-state index contributed by atoms with van der Waals surface area (Å²) in [5, 5.41) is 9.84. The Labute approximate surface area is 183 Å². The highest BCUT2D eigenvalue weighted by atomic mass is 35.5. The van der Waals surface area contributed by atoms with Gasteiger partial charge in [-0.2, -0.15) is 5.10 Å². The van der Waals surface area contributed by atoms with Crippen LogP contribution in [0.3, 0.4) is 0 Å². The summed E-state index contributed by atoms with van der Waals surface area (Å²) >= 11 is 6.07. The molecule has 158 valence electrons. The van der Waals surface area contributed by atoms with E-state index in [-0.39, 0.29) is 0 Å². The van der Waals surface area contributed by atoms with Crippen LogP contribution in [0.4, 0.5) is 10.5 Å². The van der Waals surface area contributed by atoms with Crippen molar-refractivity contribution >= 4 is 35.1 Å². The second-order valence-electron chi connectivity index (χ2n) is 7.36. The Morgan fingerprint density at radius 2 is 1.94 bits per heavy atom. The van der Waals surface area contributed by atoms with Crippen LogP contribution in [0.2, 0.25) is 5.02 Å². The number of carbonyl (C=O) groups is 3. The van der Waals surface area contributed by atoms with Crippen LogP contribution in [-0.4, -0.2) is 44.1 Å². The summed E-state index contributed by atoms with van der Waals surface area (Å²) in [5.41, 5.74) is 1.34. The van der Waals surface area contributed by atoms with E-state index in [4.69, 9.17) is 11.6 Å². The standard InChI is InChI=1S/C21H19ClN6O3/c1-13-3-5-14(6-4-13)21(2)19(30)27(20(31)26-21)10-18(29)25-16-9-15(22)7-8-17(16)28-12-23-11-24-28/h3-9,11-12H,10H2,1-2H3,(H,25,29)(H,26,31)/t21-/m1/s1. The maximum absolute atomic E-state index is 13.0. The van der Waals surface area contributed by atoms with Crippen molar-refractivity contribution in [3.8, 4) is 5.69 Å². The first-order chi connectivity index (χ1) is 14.8. The average molecular weight is 439 g/mol. The van der Waals surface area contributed by atoms with Crippen molar-refractivity contribution in [2.45, 2.75) is 19.4 Å². The van der Waals surface area contributed by atoms with Gasteiger partial charge in [0.05, 0.1) is 11.4 Å². The predicted molar refractivity (Wildman–Crippen MR) is 114 cm³/mol. The van der Waals surface area contributed by atoms with Crippen molar-refractivity contribution in [2.24, 2.45) is 0 Å². The summed E-state index contributed by atoms with van der Waals surface area (Å²) in [6, 6.07) is 11.5. The predicted octanol–water partition coefficient (Wildman–Crippen LogP) is 2.63. The Kier molecular flexibility index (Phi) is 5.20. The molecule has 4 rings (SSSR count). The molecule has 2 N–H and O–H groups in total. The highest BCUT2D eigenvalue weighted by Gasteiger charge is 2.49. The summed E-state index contributed by atoms with van der Waals surface area (Å²) in [5.74, 6) is -1.06. The summed E-state index contributed by atoms with van der Waals surface area (Å²) in [4.78, 5) is 43.0. The smallest absolute Gasteiger partial charge is 0.323 e. The molecule has 1 aliphatic heterocycles. The number of hydrogen-bond acceptors (Lipinski definition) is 5. The SMILES string of the molecule is Cc1ccc([C@@]2(C)NC(=O)N(CC(=O)Nc3cc(Cl)ccc3-n3cncn3)C2=O)cc1. The van der Waals surface area contributed by atoms with Crippen LogP contribution < -0.4 is 10.6 Å². The summed E-state index contributed by atoms with van der Waals surface area (Å²) in [7, 11) is 0. The lowest BCUT2D eigenvalue weighted by molar-refractivity contribution is -0.133. The second-order valence-corrected chi connectivity index (χ2v) is 7.80. The Morgan fingerprint density at radius 3 is 2.61 bits per heavy atom. The highest BCUT2D eigenvalue weighted by molar-refractivity contribution is 6.31. The minimum atomic E-state index is -1.24. The molecule has 9 nitrogen and oxygen atoms in total. The third-order valence-corrected chi connectivity index (χ3v) is 5.34. The fourth-order valence-corrected chi connectivity index (χ4v) is 3.57. The van der Waals surface area contributed by atoms with Crippen molar-refractivity contribution in [1.29, 1.82) is 0 Å². The zero-order valence-electron chi connectivity index (χ0n) is 16.8. The van der Waals surface area contributed by atoms with Crippen LogP contribution >= 0.6 is 11.6 Å². The second kappa shape index (κ2) is 7.84. The molecule has 0 aliphatic carbocycles. The Balaban J connectivity index is 1.53. The van der Waals surface area contributed by atoms with Gasteiger partial charge in [-0.15, -0.1) is 0 Å². The average Bonchev–Trinajstić information content (AvgIpc) is 3.32. The zero-order chi connectivity index (χ0) is 22.2. The number of benzene rings is 2. The Morgan fingerprint density at radius 1 is 1.19 bits per heavy atom. The quantitative estimate of drug-likeness (QED) is 0.595. The normalized spacial score (nSPS) is 18.2. The van der Waals surface area contributed by atoms with E-state index in [9.17, 15) is 14.4 Å². The van der Waals surface area contributed by atoms with Crippen molar-refractivity contribution in [3.63, 3.8) is 0 Å². The molecule has 0 unspecified atom stereocenters. The first-order valence-corrected chi connectivity index (χ1v) is 9.81. The summed E-state index contributed by atoms with van der Waals surface area (Å²) in [6.45, 7) is 3.10. The molecule has 1 atom stereocenters. The van der Waals surface area contributed by atoms with Gasteiger partial charge in [0, 0.05) is 5.02 Å². The minimum absolute atomic E-state index is 0.372. The topological polar surface area (TPSA) is 109 Å². The number of aryl methyl sites for hydroxylation is 1. The van der Waals surface area contributed by atoms with Gasteiger partial charge in [0.1, 0.15) is 24.7 Å². The molecule has 0 radical (unpaired) electrons. The molecule has 2 heterocycles. The number of hydrogen-bond donors (Lipinski definition) is 2. The molecule has 0 spiro atoms. The maximum Gasteiger partial charge on any atom is 0.325 e. The first kappa shape index (κ1) is 20.5. The van der Waals surface area contributed by atoms with Crippen LogP contribution in [-0.2, 0) is 15.1 Å². The van der Waals surface area contributed by atoms with Crippen molar-refractivity contribution in [1.82, 2.24) is 25.0 Å². The van der Waals surface area contributed by atoms with Crippen molar-refractivity contribution in [3.05, 3.63) is 71.3 Å². The lowest BCUT2D eigenvalue weighted by atomic mass is 9.91. The van der Waals surface area contributed by atoms with Crippen LogP contribution in [0.15, 0.2) is 55.1 Å². The number of aromatic nitrogens is 3. The van der Waals surface area contributed by atoms with Crippen LogP contribution in [0.5, 0.6) is 0 Å². The van der Waals surface area contributed by atoms with Crippen LogP contribution in [0, 0.1) is 6.92 Å². The molecule has 0 bridgehead atoms. The van der Waals surface area contributed by atoms with Crippen LogP contribution in [0.25, 0.3) is 5.69 Å². The van der Waals surface area contributed by atoms with E-state index in [1.54, 1.807) is 37.3 Å². The molecule has 4 amide bonds. The van der Waals surface area contributed by atoms with Gasteiger partial charge in [0.25, 0.3) is 5.91 Å². The van der Waals surface area contributed by atoms with E-state index in [0.29, 0.717) is 22.0 Å². The molecule has 1 saturated heterocycles. The van der Waals surface area contributed by atoms with Crippen molar-refractivity contribution in [2.75, 3.05) is 11.9 Å². The Bertz CT molecular complexity index is 1160. The molecule has 10 heteroatoms. The number of anilines is 1. The van der Waals surface area contributed by atoms with Gasteiger partial charge in [0.2, 0.25) is 5.91 Å². The van der Waals surface area contributed by atoms with Crippen LogP contribution in [0.1, 0.15) is 18.1 Å². The molecular weight excluding hydrogens is 420 g/mol. The van der Waals surface area contributed by atoms with E-state index in [1.165, 1.54) is 17.3 Å². The third kappa shape index (κ3) is 3.87. The summed E-state index contributed by atoms with van der Waals surface area (Å²) < 4.78 is 1.47.